The number of carbonyl (C=O) groups is 1. The van der Waals surface area contributed by atoms with Gasteiger partial charge in [-0.25, -0.2) is 0 Å². The molecule has 3 nitrogen and oxygen atoms in total. The van der Waals surface area contributed by atoms with Crippen molar-refractivity contribution >= 4 is 5.97 Å². The maximum absolute atomic E-state index is 10.9. The van der Waals surface area contributed by atoms with Crippen LogP contribution in [-0.2, 0) is 9.53 Å². The molecule has 0 unspecified atom stereocenters. The van der Waals surface area contributed by atoms with Gasteiger partial charge in [-0.3, -0.25) is 4.79 Å². The summed E-state index contributed by atoms with van der Waals surface area (Å²) in [5.74, 6) is 1.77. The number of aliphatic carboxylic acids is 1. The summed E-state index contributed by atoms with van der Waals surface area (Å²) >= 11 is 0. The van der Waals surface area contributed by atoms with E-state index in [1.807, 2.05) is 13.8 Å². The van der Waals surface area contributed by atoms with E-state index < -0.39 is 11.6 Å². The van der Waals surface area contributed by atoms with Crippen LogP contribution in [0.3, 0.4) is 0 Å². The van der Waals surface area contributed by atoms with Crippen molar-refractivity contribution in [1.82, 2.24) is 0 Å². The highest BCUT2D eigenvalue weighted by molar-refractivity contribution is 5.67. The fraction of sp³-hybridized carbons (Fsp3) is 0.933. The normalized spacial score (nSPS) is 42.2. The summed E-state index contributed by atoms with van der Waals surface area (Å²) in [6, 6.07) is 0. The van der Waals surface area contributed by atoms with Crippen LogP contribution < -0.4 is 0 Å². The van der Waals surface area contributed by atoms with Gasteiger partial charge in [-0.15, -0.1) is 0 Å². The third kappa shape index (κ3) is 2.29. The van der Waals surface area contributed by atoms with Crippen LogP contribution in [0.1, 0.15) is 58.8 Å². The minimum atomic E-state index is -0.760. The predicted octanol–water partition coefficient (Wildman–Crippen LogP) is 3.23. The van der Waals surface area contributed by atoms with Gasteiger partial charge in [0.15, 0.2) is 0 Å². The largest absolute Gasteiger partial charge is 0.481 e. The first kappa shape index (κ1) is 12.5. The summed E-state index contributed by atoms with van der Waals surface area (Å²) in [5.41, 5.74) is -0.523. The Hall–Kier alpha value is -0.570. The van der Waals surface area contributed by atoms with Crippen LogP contribution in [0, 0.1) is 17.8 Å². The molecule has 4 rings (SSSR count). The standard InChI is InChI=1S/C15H24O3/c1-14(2,9-13(16)17)18-15-6-10-3-11(7-15)5-12(4-10)8-15/h10-12H,3-9H2,1-2H3,(H,16,17). The second kappa shape index (κ2) is 3.96. The Morgan fingerprint density at radius 3 is 2.00 bits per heavy atom. The molecule has 4 fully saturated rings. The van der Waals surface area contributed by atoms with Crippen LogP contribution in [0.5, 0.6) is 0 Å². The van der Waals surface area contributed by atoms with Gasteiger partial charge < -0.3 is 9.84 Å². The monoisotopic (exact) mass is 252 g/mol. The van der Waals surface area contributed by atoms with Crippen molar-refractivity contribution in [2.75, 3.05) is 0 Å². The quantitative estimate of drug-likeness (QED) is 0.835. The number of hydrogen-bond acceptors (Lipinski definition) is 2. The molecule has 1 N–H and O–H groups in total. The van der Waals surface area contributed by atoms with E-state index in [2.05, 4.69) is 0 Å². The van der Waals surface area contributed by atoms with E-state index >= 15 is 0 Å². The molecule has 18 heavy (non-hydrogen) atoms. The first-order chi connectivity index (χ1) is 8.36. The van der Waals surface area contributed by atoms with Gasteiger partial charge in [0, 0.05) is 0 Å². The number of carboxylic acid groups (broad SMARTS) is 1. The van der Waals surface area contributed by atoms with E-state index in [0.29, 0.717) is 0 Å². The van der Waals surface area contributed by atoms with Crippen molar-refractivity contribution in [3.63, 3.8) is 0 Å². The Labute approximate surface area is 109 Å². The lowest BCUT2D eigenvalue weighted by atomic mass is 9.54. The second-order valence-corrected chi connectivity index (χ2v) is 7.53. The molecule has 0 atom stereocenters. The number of rotatable bonds is 4. The highest BCUT2D eigenvalue weighted by Gasteiger charge is 2.53. The molecule has 0 spiro atoms. The zero-order chi connectivity index (χ0) is 13.0. The topological polar surface area (TPSA) is 46.5 Å². The zero-order valence-corrected chi connectivity index (χ0v) is 11.4. The Morgan fingerprint density at radius 2 is 1.61 bits per heavy atom. The van der Waals surface area contributed by atoms with E-state index in [9.17, 15) is 4.79 Å². The molecule has 0 aromatic carbocycles. The molecule has 4 aliphatic carbocycles. The van der Waals surface area contributed by atoms with E-state index in [1.54, 1.807) is 0 Å². The van der Waals surface area contributed by atoms with Crippen molar-refractivity contribution in [2.24, 2.45) is 17.8 Å². The summed E-state index contributed by atoms with van der Waals surface area (Å²) in [6.45, 7) is 3.86. The molecule has 0 aromatic heterocycles. The summed E-state index contributed by atoms with van der Waals surface area (Å²) in [5, 5.41) is 8.98. The molecular weight excluding hydrogens is 228 g/mol. The van der Waals surface area contributed by atoms with Gasteiger partial charge in [-0.1, -0.05) is 0 Å². The highest BCUT2D eigenvalue weighted by atomic mass is 16.5. The fourth-order valence-electron chi connectivity index (χ4n) is 5.14. The Kier molecular flexibility index (Phi) is 2.74. The lowest BCUT2D eigenvalue weighted by molar-refractivity contribution is -0.218. The van der Waals surface area contributed by atoms with Gasteiger partial charge in [-0.2, -0.15) is 0 Å². The number of ether oxygens (including phenoxy) is 1. The van der Waals surface area contributed by atoms with Crippen LogP contribution in [0.15, 0.2) is 0 Å². The maximum Gasteiger partial charge on any atom is 0.306 e. The predicted molar refractivity (Wildman–Crippen MR) is 68.3 cm³/mol. The molecule has 0 saturated heterocycles. The smallest absolute Gasteiger partial charge is 0.306 e. The third-order valence-corrected chi connectivity index (χ3v) is 5.05. The molecule has 0 amide bonds. The molecule has 4 bridgehead atoms. The lowest BCUT2D eigenvalue weighted by Crippen LogP contribution is -2.55. The van der Waals surface area contributed by atoms with Crippen LogP contribution in [-0.4, -0.2) is 22.3 Å². The van der Waals surface area contributed by atoms with Gasteiger partial charge >= 0.3 is 5.97 Å². The second-order valence-electron chi connectivity index (χ2n) is 7.53. The maximum atomic E-state index is 10.9. The lowest BCUT2D eigenvalue weighted by Gasteiger charge is -2.58. The third-order valence-electron chi connectivity index (χ3n) is 5.05. The first-order valence-corrected chi connectivity index (χ1v) is 7.28. The Morgan fingerprint density at radius 1 is 1.17 bits per heavy atom. The van der Waals surface area contributed by atoms with Crippen molar-refractivity contribution in [2.45, 2.75) is 70.0 Å². The fourth-order valence-corrected chi connectivity index (χ4v) is 5.14. The van der Waals surface area contributed by atoms with Gasteiger partial charge in [0.05, 0.1) is 17.6 Å². The molecule has 4 saturated carbocycles. The van der Waals surface area contributed by atoms with E-state index in [0.717, 1.165) is 17.8 Å². The van der Waals surface area contributed by atoms with E-state index in [1.165, 1.54) is 38.5 Å². The minimum absolute atomic E-state index is 0.00764. The molecule has 0 heterocycles. The summed E-state index contributed by atoms with van der Waals surface area (Å²) in [4.78, 5) is 10.9. The molecule has 3 heteroatoms. The summed E-state index contributed by atoms with van der Waals surface area (Å²) in [6.07, 6.45) is 7.78. The van der Waals surface area contributed by atoms with Crippen LogP contribution in [0.2, 0.25) is 0 Å². The number of carboxylic acids is 1. The van der Waals surface area contributed by atoms with Crippen molar-refractivity contribution in [3.8, 4) is 0 Å². The minimum Gasteiger partial charge on any atom is -0.481 e. The highest BCUT2D eigenvalue weighted by Crippen LogP contribution is 2.58. The van der Waals surface area contributed by atoms with Gasteiger partial charge in [0.1, 0.15) is 0 Å². The molecule has 4 aliphatic rings. The molecule has 0 aliphatic heterocycles. The summed E-state index contributed by atoms with van der Waals surface area (Å²) < 4.78 is 6.37. The van der Waals surface area contributed by atoms with Gasteiger partial charge in [-0.05, 0) is 70.1 Å². The van der Waals surface area contributed by atoms with Crippen molar-refractivity contribution < 1.29 is 14.6 Å². The molecular formula is C15H24O3. The SMILES string of the molecule is CC(C)(CC(=O)O)OC12CC3CC(CC(C3)C1)C2. The molecule has 0 radical (unpaired) electrons. The van der Waals surface area contributed by atoms with Crippen LogP contribution in [0.4, 0.5) is 0 Å². The van der Waals surface area contributed by atoms with Gasteiger partial charge in [0.25, 0.3) is 0 Å². The van der Waals surface area contributed by atoms with E-state index in [4.69, 9.17) is 9.84 Å². The average Bonchev–Trinajstić information content (AvgIpc) is 2.09. The van der Waals surface area contributed by atoms with Crippen molar-refractivity contribution in [3.05, 3.63) is 0 Å². The van der Waals surface area contributed by atoms with E-state index in [-0.39, 0.29) is 12.0 Å². The molecule has 102 valence electrons. The summed E-state index contributed by atoms with van der Waals surface area (Å²) in [7, 11) is 0. The van der Waals surface area contributed by atoms with Gasteiger partial charge in [0.2, 0.25) is 0 Å². The first-order valence-electron chi connectivity index (χ1n) is 7.28. The Balaban J connectivity index is 1.74. The average molecular weight is 252 g/mol. The zero-order valence-electron chi connectivity index (χ0n) is 11.4. The van der Waals surface area contributed by atoms with Crippen LogP contribution in [0.25, 0.3) is 0 Å². The Bertz CT molecular complexity index is 323. The van der Waals surface area contributed by atoms with Crippen molar-refractivity contribution in [1.29, 1.82) is 0 Å². The molecule has 0 aromatic rings. The number of hydrogen-bond donors (Lipinski definition) is 1. The van der Waals surface area contributed by atoms with Crippen LogP contribution >= 0.6 is 0 Å².